The van der Waals surface area contributed by atoms with Crippen molar-refractivity contribution < 1.29 is 29.6 Å². The molecule has 6 heteroatoms. The molecule has 6 nitrogen and oxygen atoms in total. The van der Waals surface area contributed by atoms with E-state index in [0.717, 1.165) is 12.5 Å². The van der Waals surface area contributed by atoms with Gasteiger partial charge in [0, 0.05) is 18.9 Å². The maximum atomic E-state index is 12.0. The van der Waals surface area contributed by atoms with Gasteiger partial charge in [0.25, 0.3) is 0 Å². The second-order valence-electron chi connectivity index (χ2n) is 6.07. The van der Waals surface area contributed by atoms with Crippen molar-refractivity contribution >= 4 is 5.97 Å². The van der Waals surface area contributed by atoms with E-state index in [2.05, 4.69) is 0 Å². The van der Waals surface area contributed by atoms with E-state index in [4.69, 9.17) is 9.47 Å². The van der Waals surface area contributed by atoms with E-state index in [-0.39, 0.29) is 35.4 Å². The average molecular weight is 308 g/mol. The van der Waals surface area contributed by atoms with Gasteiger partial charge in [0.05, 0.1) is 18.3 Å². The lowest BCUT2D eigenvalue weighted by Crippen LogP contribution is -2.40. The Balaban J connectivity index is 1.71. The second-order valence-corrected chi connectivity index (χ2v) is 6.07. The number of carbonyl (C=O) groups is 1. The highest BCUT2D eigenvalue weighted by molar-refractivity contribution is 5.95. The van der Waals surface area contributed by atoms with Crippen LogP contribution in [0.1, 0.15) is 42.1 Å². The predicted octanol–water partition coefficient (Wildman–Crippen LogP) is 1.50. The molecule has 1 saturated heterocycles. The summed E-state index contributed by atoms with van der Waals surface area (Å²) in [5.41, 5.74) is 0.713. The van der Waals surface area contributed by atoms with Crippen molar-refractivity contribution in [2.24, 2.45) is 0 Å². The van der Waals surface area contributed by atoms with E-state index < -0.39 is 12.1 Å². The molecule has 1 aromatic rings. The van der Waals surface area contributed by atoms with E-state index in [9.17, 15) is 20.1 Å². The fraction of sp³-hybridized carbons (Fsp3) is 0.562. The molecule has 22 heavy (non-hydrogen) atoms. The van der Waals surface area contributed by atoms with Crippen LogP contribution in [0.15, 0.2) is 12.1 Å². The first-order chi connectivity index (χ1) is 10.4. The van der Waals surface area contributed by atoms with Gasteiger partial charge in [-0.25, -0.2) is 4.79 Å². The fourth-order valence-electron chi connectivity index (χ4n) is 3.21. The van der Waals surface area contributed by atoms with Crippen molar-refractivity contribution in [3.63, 3.8) is 0 Å². The third-order valence-electron chi connectivity index (χ3n) is 4.37. The smallest absolute Gasteiger partial charge is 0.342 e. The molecule has 0 aromatic heterocycles. The van der Waals surface area contributed by atoms with Crippen LogP contribution < -0.4 is 0 Å². The Morgan fingerprint density at radius 1 is 1.23 bits per heavy atom. The van der Waals surface area contributed by atoms with Gasteiger partial charge >= 0.3 is 5.97 Å². The zero-order chi connectivity index (χ0) is 15.9. The van der Waals surface area contributed by atoms with Crippen molar-refractivity contribution in [1.82, 2.24) is 0 Å². The summed E-state index contributed by atoms with van der Waals surface area (Å²) < 4.78 is 11.1. The SMILES string of the molecule is C[C@@H]1O[C@@H](C[C@H]2Cc3cc(O)cc(O)c3C(=O)O2)CC[C@@H]1O. The summed E-state index contributed by atoms with van der Waals surface area (Å²) in [6.45, 7) is 1.83. The molecule has 0 amide bonds. The topological polar surface area (TPSA) is 96.2 Å². The average Bonchev–Trinajstić information content (AvgIpc) is 2.41. The summed E-state index contributed by atoms with van der Waals surface area (Å²) in [5.74, 6) is -0.910. The van der Waals surface area contributed by atoms with E-state index in [0.29, 0.717) is 24.8 Å². The first kappa shape index (κ1) is 15.1. The molecule has 3 N–H and O–H groups in total. The Morgan fingerprint density at radius 2 is 2.00 bits per heavy atom. The first-order valence-corrected chi connectivity index (χ1v) is 7.53. The Bertz CT molecular complexity index is 584. The van der Waals surface area contributed by atoms with Crippen LogP contribution in [0, 0.1) is 0 Å². The highest BCUT2D eigenvalue weighted by Gasteiger charge is 2.34. The number of esters is 1. The van der Waals surface area contributed by atoms with Gasteiger partial charge in [-0.05, 0) is 31.4 Å². The lowest BCUT2D eigenvalue weighted by atomic mass is 9.92. The monoisotopic (exact) mass is 308 g/mol. The fourth-order valence-corrected chi connectivity index (χ4v) is 3.21. The third-order valence-corrected chi connectivity index (χ3v) is 4.37. The van der Waals surface area contributed by atoms with Crippen LogP contribution >= 0.6 is 0 Å². The summed E-state index contributed by atoms with van der Waals surface area (Å²) in [5, 5.41) is 29.0. The van der Waals surface area contributed by atoms with Gasteiger partial charge in [-0.2, -0.15) is 0 Å². The minimum atomic E-state index is -0.576. The molecule has 1 aromatic carbocycles. The number of phenols is 2. The van der Waals surface area contributed by atoms with Crippen LogP contribution in [-0.4, -0.2) is 45.7 Å². The lowest BCUT2D eigenvalue weighted by molar-refractivity contribution is -0.120. The van der Waals surface area contributed by atoms with Gasteiger partial charge < -0.3 is 24.8 Å². The highest BCUT2D eigenvalue weighted by atomic mass is 16.6. The van der Waals surface area contributed by atoms with Gasteiger partial charge in [-0.1, -0.05) is 0 Å². The minimum Gasteiger partial charge on any atom is -0.508 e. The second kappa shape index (κ2) is 5.78. The Morgan fingerprint density at radius 3 is 2.73 bits per heavy atom. The van der Waals surface area contributed by atoms with Crippen LogP contribution in [0.3, 0.4) is 0 Å². The number of cyclic esters (lactones) is 1. The van der Waals surface area contributed by atoms with Crippen LogP contribution in [0.25, 0.3) is 0 Å². The van der Waals surface area contributed by atoms with Crippen LogP contribution in [0.5, 0.6) is 11.5 Å². The van der Waals surface area contributed by atoms with Crippen molar-refractivity contribution in [1.29, 1.82) is 0 Å². The van der Waals surface area contributed by atoms with Gasteiger partial charge in [-0.15, -0.1) is 0 Å². The largest absolute Gasteiger partial charge is 0.508 e. The Kier molecular flexibility index (Phi) is 3.97. The maximum Gasteiger partial charge on any atom is 0.342 e. The zero-order valence-electron chi connectivity index (χ0n) is 12.4. The molecule has 1 fully saturated rings. The van der Waals surface area contributed by atoms with Crippen molar-refractivity contribution in [2.75, 3.05) is 0 Å². The molecular weight excluding hydrogens is 288 g/mol. The van der Waals surface area contributed by atoms with Crippen molar-refractivity contribution in [3.05, 3.63) is 23.3 Å². The summed E-state index contributed by atoms with van der Waals surface area (Å²) in [4.78, 5) is 12.0. The molecule has 0 spiro atoms. The molecule has 4 atom stereocenters. The molecule has 0 saturated carbocycles. The van der Waals surface area contributed by atoms with Gasteiger partial charge in [-0.3, -0.25) is 0 Å². The lowest BCUT2D eigenvalue weighted by Gasteiger charge is -2.34. The number of rotatable bonds is 2. The number of carbonyl (C=O) groups excluding carboxylic acids is 1. The predicted molar refractivity (Wildman–Crippen MR) is 76.9 cm³/mol. The molecular formula is C16H20O6. The van der Waals surface area contributed by atoms with Crippen LogP contribution in [0.2, 0.25) is 0 Å². The number of benzene rings is 1. The van der Waals surface area contributed by atoms with Gasteiger partial charge in [0.1, 0.15) is 23.2 Å². The number of fused-ring (bicyclic) bond motifs is 1. The number of aromatic hydroxyl groups is 2. The van der Waals surface area contributed by atoms with Crippen molar-refractivity contribution in [2.45, 2.75) is 57.0 Å². The molecule has 0 bridgehead atoms. The highest BCUT2D eigenvalue weighted by Crippen LogP contribution is 2.34. The standard InChI is InChI=1S/C16H20O6/c1-8-13(18)3-2-11(21-8)7-12-5-9-4-10(17)6-14(19)15(9)16(20)22-12/h4,6,8,11-13,17-19H,2-3,5,7H2,1H3/t8-,11+,12+,13-/m0/s1. The number of hydrogen-bond donors (Lipinski definition) is 3. The molecule has 2 aliphatic rings. The summed E-state index contributed by atoms with van der Waals surface area (Å²) >= 11 is 0. The van der Waals surface area contributed by atoms with Crippen LogP contribution in [0.4, 0.5) is 0 Å². The zero-order valence-corrected chi connectivity index (χ0v) is 12.4. The van der Waals surface area contributed by atoms with Crippen molar-refractivity contribution in [3.8, 4) is 11.5 Å². The van der Waals surface area contributed by atoms with Gasteiger partial charge in [0.15, 0.2) is 0 Å². The molecule has 2 aliphatic heterocycles. The number of aliphatic hydroxyl groups is 1. The Labute approximate surface area is 128 Å². The number of aliphatic hydroxyl groups excluding tert-OH is 1. The summed E-state index contributed by atoms with van der Waals surface area (Å²) in [6, 6.07) is 2.62. The Hall–Kier alpha value is -1.79. The van der Waals surface area contributed by atoms with E-state index >= 15 is 0 Å². The normalized spacial score (nSPS) is 31.5. The maximum absolute atomic E-state index is 12.0. The summed E-state index contributed by atoms with van der Waals surface area (Å²) in [7, 11) is 0. The van der Waals surface area contributed by atoms with E-state index in [1.165, 1.54) is 6.07 Å². The number of hydrogen-bond acceptors (Lipinski definition) is 6. The number of ether oxygens (including phenoxy) is 2. The van der Waals surface area contributed by atoms with Gasteiger partial charge in [0.2, 0.25) is 0 Å². The molecule has 2 heterocycles. The van der Waals surface area contributed by atoms with E-state index in [1.807, 2.05) is 6.92 Å². The summed E-state index contributed by atoms with van der Waals surface area (Å²) in [6.07, 6.45) is 1.27. The first-order valence-electron chi connectivity index (χ1n) is 7.53. The number of phenolic OH excluding ortho intramolecular Hbond substituents is 2. The molecule has 3 rings (SSSR count). The third kappa shape index (κ3) is 2.89. The molecule has 120 valence electrons. The molecule has 0 radical (unpaired) electrons. The van der Waals surface area contributed by atoms with Crippen LogP contribution in [-0.2, 0) is 15.9 Å². The molecule has 0 aliphatic carbocycles. The minimum absolute atomic E-state index is 0.0661. The molecule has 0 unspecified atom stereocenters. The quantitative estimate of drug-likeness (QED) is 0.717. The van der Waals surface area contributed by atoms with E-state index in [1.54, 1.807) is 0 Å².